The van der Waals surface area contributed by atoms with Gasteiger partial charge in [-0.05, 0) is 25.2 Å². The second kappa shape index (κ2) is 5.89. The van der Waals surface area contributed by atoms with Crippen LogP contribution in [0.5, 0.6) is 0 Å². The van der Waals surface area contributed by atoms with E-state index in [1.807, 2.05) is 6.92 Å². The molecule has 0 saturated carbocycles. The molecule has 1 N–H and O–H groups in total. The van der Waals surface area contributed by atoms with Gasteiger partial charge in [0, 0.05) is 50.9 Å². The van der Waals surface area contributed by atoms with Gasteiger partial charge in [-0.25, -0.2) is 0 Å². The quantitative estimate of drug-likeness (QED) is 0.752. The van der Waals surface area contributed by atoms with Gasteiger partial charge in [-0.2, -0.15) is 0 Å². The minimum atomic E-state index is -0.339. The summed E-state index contributed by atoms with van der Waals surface area (Å²) in [5, 5.41) is 2.33. The summed E-state index contributed by atoms with van der Waals surface area (Å²) in [6.45, 7) is 2.72. The Morgan fingerprint density at radius 3 is 2.29 bits per heavy atom. The molecule has 1 aromatic heterocycles. The van der Waals surface area contributed by atoms with Crippen molar-refractivity contribution >= 4 is 17.7 Å². The van der Waals surface area contributed by atoms with Crippen LogP contribution in [-0.2, 0) is 16.6 Å². The summed E-state index contributed by atoms with van der Waals surface area (Å²) in [4.78, 5) is 49.7. The third-order valence-corrected chi connectivity index (χ3v) is 5.18. The Bertz CT molecular complexity index is 755. The van der Waals surface area contributed by atoms with Crippen LogP contribution in [0, 0.1) is 12.3 Å². The van der Waals surface area contributed by atoms with E-state index >= 15 is 0 Å². The van der Waals surface area contributed by atoms with Crippen molar-refractivity contribution in [3.05, 3.63) is 33.7 Å². The molecule has 3 rings (SSSR count). The Morgan fingerprint density at radius 1 is 1.12 bits per heavy atom. The monoisotopic (exact) mass is 331 g/mol. The van der Waals surface area contributed by atoms with Gasteiger partial charge in [0.25, 0.3) is 5.91 Å². The van der Waals surface area contributed by atoms with Crippen molar-refractivity contribution in [2.75, 3.05) is 13.1 Å². The molecule has 2 saturated heterocycles. The molecular weight excluding hydrogens is 310 g/mol. The topological polar surface area (TPSA) is 88.5 Å². The van der Waals surface area contributed by atoms with Gasteiger partial charge in [0.05, 0.1) is 0 Å². The van der Waals surface area contributed by atoms with Crippen LogP contribution in [0.15, 0.2) is 17.1 Å². The van der Waals surface area contributed by atoms with Crippen molar-refractivity contribution in [3.63, 3.8) is 0 Å². The fourth-order valence-electron chi connectivity index (χ4n) is 3.58. The molecule has 0 radical (unpaired) electrons. The lowest BCUT2D eigenvalue weighted by Crippen LogP contribution is -2.51. The maximum Gasteiger partial charge on any atom is 0.259 e. The molecule has 7 heteroatoms. The van der Waals surface area contributed by atoms with Gasteiger partial charge in [-0.15, -0.1) is 0 Å². The van der Waals surface area contributed by atoms with Crippen molar-refractivity contribution < 1.29 is 14.4 Å². The number of hydrogen-bond acceptors (Lipinski definition) is 4. The van der Waals surface area contributed by atoms with Crippen LogP contribution in [0.2, 0.25) is 0 Å². The number of hydrogen-bond donors (Lipinski definition) is 1. The van der Waals surface area contributed by atoms with E-state index in [9.17, 15) is 19.2 Å². The lowest BCUT2D eigenvalue weighted by Gasteiger charge is -2.42. The molecule has 0 aliphatic carbocycles. The molecule has 1 aromatic rings. The highest BCUT2D eigenvalue weighted by Gasteiger charge is 2.42. The van der Waals surface area contributed by atoms with E-state index in [2.05, 4.69) is 5.32 Å². The Hall–Kier alpha value is -2.44. The molecule has 3 heterocycles. The first-order valence-electron chi connectivity index (χ1n) is 8.09. The number of amides is 3. The normalized spacial score (nSPS) is 20.2. The summed E-state index contributed by atoms with van der Waals surface area (Å²) in [5.41, 5.74) is 0.342. The number of carbonyl (C=O) groups excluding carboxylic acids is 3. The predicted octanol–water partition coefficient (Wildman–Crippen LogP) is 0.353. The average molecular weight is 331 g/mol. The highest BCUT2D eigenvalue weighted by atomic mass is 16.2. The summed E-state index contributed by atoms with van der Waals surface area (Å²) < 4.78 is 1.75. The van der Waals surface area contributed by atoms with E-state index in [-0.39, 0.29) is 34.1 Å². The molecular formula is C17H21N3O4. The Kier molecular flexibility index (Phi) is 4.03. The summed E-state index contributed by atoms with van der Waals surface area (Å²) >= 11 is 0. The van der Waals surface area contributed by atoms with Crippen LogP contribution in [-0.4, -0.2) is 40.3 Å². The highest BCUT2D eigenvalue weighted by molar-refractivity contribution is 5.98. The maximum absolute atomic E-state index is 12.7. The number of aromatic nitrogens is 1. The van der Waals surface area contributed by atoms with Crippen molar-refractivity contribution in [2.45, 2.75) is 32.6 Å². The molecule has 0 bridgehead atoms. The maximum atomic E-state index is 12.7. The standard InChI is InChI=1S/C17H21N3O4/c1-11-7-13(21)12(10-19(11)2)16(24)20-5-3-17(4-6-20)8-14(22)18-15(23)9-17/h7,10H,3-6,8-9H2,1-2H3,(H,18,22,23). The van der Waals surface area contributed by atoms with Crippen molar-refractivity contribution in [1.29, 1.82) is 0 Å². The largest absolute Gasteiger partial charge is 0.354 e. The van der Waals surface area contributed by atoms with Gasteiger partial charge in [0.1, 0.15) is 5.56 Å². The zero-order valence-corrected chi connectivity index (χ0v) is 13.9. The van der Waals surface area contributed by atoms with E-state index in [4.69, 9.17) is 0 Å². The molecule has 24 heavy (non-hydrogen) atoms. The first-order chi connectivity index (χ1) is 11.3. The minimum absolute atomic E-state index is 0.163. The summed E-state index contributed by atoms with van der Waals surface area (Å²) in [6, 6.07) is 1.46. The zero-order valence-electron chi connectivity index (χ0n) is 13.9. The number of piperidine rings is 2. The van der Waals surface area contributed by atoms with Crippen molar-refractivity contribution in [1.82, 2.24) is 14.8 Å². The highest BCUT2D eigenvalue weighted by Crippen LogP contribution is 2.40. The van der Waals surface area contributed by atoms with E-state index < -0.39 is 0 Å². The number of imide groups is 1. The molecule has 0 aromatic carbocycles. The fraction of sp³-hybridized carbons (Fsp3) is 0.529. The van der Waals surface area contributed by atoms with E-state index in [1.54, 1.807) is 22.7 Å². The van der Waals surface area contributed by atoms with Crippen LogP contribution in [0.1, 0.15) is 41.7 Å². The molecule has 2 fully saturated rings. The van der Waals surface area contributed by atoms with E-state index in [0.29, 0.717) is 38.8 Å². The molecule has 1 spiro atoms. The zero-order chi connectivity index (χ0) is 17.5. The SMILES string of the molecule is Cc1cc(=O)c(C(=O)N2CCC3(CC2)CC(=O)NC(=O)C3)cn1C. The van der Waals surface area contributed by atoms with Crippen LogP contribution < -0.4 is 10.7 Å². The third kappa shape index (κ3) is 2.98. The summed E-state index contributed by atoms with van der Waals surface area (Å²) in [5.74, 6) is -0.756. The van der Waals surface area contributed by atoms with Crippen LogP contribution in [0.25, 0.3) is 0 Å². The molecule has 128 valence electrons. The van der Waals surface area contributed by atoms with Crippen molar-refractivity contribution in [2.24, 2.45) is 12.5 Å². The van der Waals surface area contributed by atoms with Crippen molar-refractivity contribution in [3.8, 4) is 0 Å². The number of rotatable bonds is 1. The second-order valence-corrected chi connectivity index (χ2v) is 6.92. The number of carbonyl (C=O) groups is 3. The number of pyridine rings is 1. The number of aryl methyl sites for hydroxylation is 2. The van der Waals surface area contributed by atoms with Gasteiger partial charge in [-0.3, -0.25) is 24.5 Å². The Balaban J connectivity index is 1.74. The lowest BCUT2D eigenvalue weighted by atomic mass is 9.71. The summed E-state index contributed by atoms with van der Waals surface area (Å²) in [6.07, 6.45) is 3.43. The Morgan fingerprint density at radius 2 is 1.71 bits per heavy atom. The fourth-order valence-corrected chi connectivity index (χ4v) is 3.58. The molecule has 0 unspecified atom stereocenters. The van der Waals surface area contributed by atoms with Gasteiger partial charge in [-0.1, -0.05) is 0 Å². The number of nitrogens with one attached hydrogen (secondary N) is 1. The predicted molar refractivity (Wildman–Crippen MR) is 86.4 cm³/mol. The smallest absolute Gasteiger partial charge is 0.259 e. The summed E-state index contributed by atoms with van der Waals surface area (Å²) in [7, 11) is 1.79. The first kappa shape index (κ1) is 16.4. The van der Waals surface area contributed by atoms with Crippen LogP contribution in [0.4, 0.5) is 0 Å². The van der Waals surface area contributed by atoms with Gasteiger partial charge in [0.15, 0.2) is 5.43 Å². The molecule has 2 aliphatic rings. The second-order valence-electron chi connectivity index (χ2n) is 6.92. The number of likely N-dealkylation sites (tertiary alicyclic amines) is 1. The van der Waals surface area contributed by atoms with Gasteiger partial charge < -0.3 is 9.47 Å². The van der Waals surface area contributed by atoms with Gasteiger partial charge >= 0.3 is 0 Å². The molecule has 2 aliphatic heterocycles. The van der Waals surface area contributed by atoms with Crippen LogP contribution >= 0.6 is 0 Å². The third-order valence-electron chi connectivity index (χ3n) is 5.18. The van der Waals surface area contributed by atoms with E-state index in [1.165, 1.54) is 6.07 Å². The molecule has 0 atom stereocenters. The number of nitrogens with zero attached hydrogens (tertiary/aromatic N) is 2. The van der Waals surface area contributed by atoms with Crippen LogP contribution in [0.3, 0.4) is 0 Å². The molecule has 7 nitrogen and oxygen atoms in total. The molecule has 3 amide bonds. The minimum Gasteiger partial charge on any atom is -0.354 e. The lowest BCUT2D eigenvalue weighted by molar-refractivity contribution is -0.139. The first-order valence-corrected chi connectivity index (χ1v) is 8.09. The van der Waals surface area contributed by atoms with Gasteiger partial charge in [0.2, 0.25) is 11.8 Å². The Labute approximate surface area is 139 Å². The average Bonchev–Trinajstić information content (AvgIpc) is 2.50. The van der Waals surface area contributed by atoms with E-state index in [0.717, 1.165) is 5.69 Å².